The molecule has 0 aliphatic carbocycles. The maximum atomic E-state index is 11.0. The molecule has 2 fully saturated rings. The van der Waals surface area contributed by atoms with Gasteiger partial charge in [-0.1, -0.05) is 0 Å². The van der Waals surface area contributed by atoms with Gasteiger partial charge < -0.3 is 9.47 Å². The Kier molecular flexibility index (Phi) is 4.03. The van der Waals surface area contributed by atoms with Crippen molar-refractivity contribution < 1.29 is 14.4 Å². The molecule has 2 N–H and O–H groups in total. The lowest BCUT2D eigenvalue weighted by atomic mass is 9.78. The van der Waals surface area contributed by atoms with Crippen molar-refractivity contribution in [3.8, 4) is 5.75 Å². The van der Waals surface area contributed by atoms with E-state index in [1.807, 2.05) is 0 Å². The van der Waals surface area contributed by atoms with Crippen molar-refractivity contribution in [1.29, 1.82) is 0 Å². The lowest BCUT2D eigenvalue weighted by Crippen LogP contribution is -2.66. The molecule has 0 unspecified atom stereocenters. The average molecular weight is 311 g/mol. The Hall–Kier alpha value is -1.35. The summed E-state index contributed by atoms with van der Waals surface area (Å²) < 4.78 is 10.8. The van der Waals surface area contributed by atoms with Crippen LogP contribution in [0.25, 0.3) is 0 Å². The Bertz CT molecular complexity index is 542. The van der Waals surface area contributed by atoms with Gasteiger partial charge in [-0.3, -0.25) is 20.2 Å². The van der Waals surface area contributed by atoms with Gasteiger partial charge in [0.15, 0.2) is 5.75 Å². The largest absolute Gasteiger partial charge is 0.485 e. The Labute approximate surface area is 126 Å². The second-order valence-electron chi connectivity index (χ2n) is 5.56. The summed E-state index contributed by atoms with van der Waals surface area (Å²) in [6.45, 7) is 4.98. The molecule has 0 saturated carbocycles. The minimum atomic E-state index is -0.445. The Morgan fingerprint density at radius 3 is 2.81 bits per heavy atom. The number of likely N-dealkylation sites (tertiary alicyclic amines) is 1. The van der Waals surface area contributed by atoms with Gasteiger partial charge >= 0.3 is 5.69 Å². The van der Waals surface area contributed by atoms with E-state index in [-0.39, 0.29) is 5.69 Å². The van der Waals surface area contributed by atoms with Crippen molar-refractivity contribution in [2.75, 3.05) is 39.5 Å². The van der Waals surface area contributed by atoms with Crippen LogP contribution >= 0.6 is 11.9 Å². The minimum Gasteiger partial charge on any atom is -0.485 e. The first kappa shape index (κ1) is 14.6. The van der Waals surface area contributed by atoms with Crippen LogP contribution in [0.5, 0.6) is 5.75 Å². The number of rotatable bonds is 6. The normalized spacial score (nSPS) is 19.9. The summed E-state index contributed by atoms with van der Waals surface area (Å²) in [6, 6.07) is 4.76. The van der Waals surface area contributed by atoms with Crippen molar-refractivity contribution in [3.05, 3.63) is 28.3 Å². The molecule has 1 aromatic carbocycles. The van der Waals surface area contributed by atoms with E-state index in [0.29, 0.717) is 22.7 Å². The predicted molar refractivity (Wildman–Crippen MR) is 78.3 cm³/mol. The maximum absolute atomic E-state index is 11.0. The number of nitro benzene ring substituents is 1. The zero-order valence-electron chi connectivity index (χ0n) is 11.5. The summed E-state index contributed by atoms with van der Waals surface area (Å²) >= 11 is 0.979. The Balaban J connectivity index is 1.51. The summed E-state index contributed by atoms with van der Waals surface area (Å²) in [6.07, 6.45) is 0. The SMILES string of the molecule is NSc1ccc(OCCN2CC3(COC3)C2)c([N+](=O)[O-])c1. The molecule has 2 aliphatic heterocycles. The first-order valence-electron chi connectivity index (χ1n) is 6.70. The molecule has 0 amide bonds. The molecule has 3 rings (SSSR count). The van der Waals surface area contributed by atoms with Gasteiger partial charge in [-0.25, -0.2) is 0 Å². The monoisotopic (exact) mass is 311 g/mol. The molecule has 0 radical (unpaired) electrons. The molecule has 2 heterocycles. The fraction of sp³-hybridized carbons (Fsp3) is 0.538. The van der Waals surface area contributed by atoms with Crippen molar-refractivity contribution >= 4 is 17.6 Å². The van der Waals surface area contributed by atoms with Crippen LogP contribution in [0.1, 0.15) is 0 Å². The summed E-state index contributed by atoms with van der Waals surface area (Å²) in [7, 11) is 0. The number of nitrogens with two attached hydrogens (primary N) is 1. The summed E-state index contributed by atoms with van der Waals surface area (Å²) in [5.41, 5.74) is 0.337. The fourth-order valence-electron chi connectivity index (χ4n) is 2.75. The van der Waals surface area contributed by atoms with Crippen molar-refractivity contribution in [2.24, 2.45) is 10.6 Å². The number of hydrogen-bond acceptors (Lipinski definition) is 7. The topological polar surface area (TPSA) is 90.9 Å². The molecule has 2 aliphatic rings. The van der Waals surface area contributed by atoms with E-state index in [9.17, 15) is 10.1 Å². The number of ether oxygens (including phenoxy) is 2. The summed E-state index contributed by atoms with van der Waals surface area (Å²) in [4.78, 5) is 13.5. The third-order valence-electron chi connectivity index (χ3n) is 3.86. The predicted octanol–water partition coefficient (Wildman–Crippen LogP) is 1.27. The highest BCUT2D eigenvalue weighted by Crippen LogP contribution is 2.37. The quantitative estimate of drug-likeness (QED) is 0.480. The molecule has 1 aromatic rings. The van der Waals surface area contributed by atoms with E-state index in [1.165, 1.54) is 6.07 Å². The van der Waals surface area contributed by atoms with Crippen LogP contribution in [0.2, 0.25) is 0 Å². The van der Waals surface area contributed by atoms with Gasteiger partial charge in [0.25, 0.3) is 0 Å². The highest BCUT2D eigenvalue weighted by atomic mass is 32.2. The van der Waals surface area contributed by atoms with E-state index < -0.39 is 4.92 Å². The lowest BCUT2D eigenvalue weighted by molar-refractivity contribution is -0.386. The highest BCUT2D eigenvalue weighted by molar-refractivity contribution is 7.97. The van der Waals surface area contributed by atoms with Gasteiger partial charge in [0, 0.05) is 36.0 Å². The van der Waals surface area contributed by atoms with Crippen LogP contribution in [0.4, 0.5) is 5.69 Å². The lowest BCUT2D eigenvalue weighted by Gasteiger charge is -2.55. The van der Waals surface area contributed by atoms with Crippen molar-refractivity contribution in [2.45, 2.75) is 4.90 Å². The van der Waals surface area contributed by atoms with Crippen LogP contribution in [-0.2, 0) is 4.74 Å². The van der Waals surface area contributed by atoms with Gasteiger partial charge in [0.2, 0.25) is 0 Å². The van der Waals surface area contributed by atoms with E-state index >= 15 is 0 Å². The molecule has 0 bridgehead atoms. The third-order valence-corrected chi connectivity index (χ3v) is 4.39. The molecule has 114 valence electrons. The second kappa shape index (κ2) is 5.80. The van der Waals surface area contributed by atoms with Crippen LogP contribution in [0.3, 0.4) is 0 Å². The number of benzene rings is 1. The van der Waals surface area contributed by atoms with E-state index in [1.54, 1.807) is 12.1 Å². The molecule has 21 heavy (non-hydrogen) atoms. The average Bonchev–Trinajstić information content (AvgIpc) is 2.39. The molecule has 8 heteroatoms. The van der Waals surface area contributed by atoms with Crippen molar-refractivity contribution in [3.63, 3.8) is 0 Å². The van der Waals surface area contributed by atoms with Crippen LogP contribution < -0.4 is 9.88 Å². The summed E-state index contributed by atoms with van der Waals surface area (Å²) in [5.74, 6) is 0.292. The first-order chi connectivity index (χ1) is 10.1. The van der Waals surface area contributed by atoms with Crippen molar-refractivity contribution in [1.82, 2.24) is 4.90 Å². The fourth-order valence-corrected chi connectivity index (χ4v) is 3.08. The summed E-state index contributed by atoms with van der Waals surface area (Å²) in [5, 5.41) is 16.5. The zero-order chi connectivity index (χ0) is 14.9. The van der Waals surface area contributed by atoms with E-state index in [4.69, 9.17) is 14.6 Å². The second-order valence-corrected chi connectivity index (χ2v) is 6.26. The van der Waals surface area contributed by atoms with Gasteiger partial charge in [-0.2, -0.15) is 0 Å². The van der Waals surface area contributed by atoms with E-state index in [2.05, 4.69) is 4.90 Å². The molecule has 1 spiro atoms. The zero-order valence-corrected chi connectivity index (χ0v) is 12.3. The smallest absolute Gasteiger partial charge is 0.312 e. The molecule has 7 nitrogen and oxygen atoms in total. The first-order valence-corrected chi connectivity index (χ1v) is 7.58. The van der Waals surface area contributed by atoms with Gasteiger partial charge in [-0.05, 0) is 24.1 Å². The number of nitrogens with zero attached hydrogens (tertiary/aromatic N) is 2. The molecular formula is C13H17N3O4S. The third kappa shape index (κ3) is 2.98. The standard InChI is InChI=1S/C13H17N3O4S/c14-21-10-1-2-12(11(5-10)16(17)18)20-4-3-15-6-13(7-15)8-19-9-13/h1-2,5H,3-4,6-9,14H2. The minimum absolute atomic E-state index is 0.0436. The highest BCUT2D eigenvalue weighted by Gasteiger charge is 2.48. The van der Waals surface area contributed by atoms with Crippen LogP contribution in [0.15, 0.2) is 23.1 Å². The van der Waals surface area contributed by atoms with Crippen LogP contribution in [0, 0.1) is 15.5 Å². The van der Waals surface area contributed by atoms with Gasteiger partial charge in [0.1, 0.15) is 6.61 Å². The Morgan fingerprint density at radius 1 is 1.48 bits per heavy atom. The Morgan fingerprint density at radius 2 is 2.24 bits per heavy atom. The van der Waals surface area contributed by atoms with E-state index in [0.717, 1.165) is 44.8 Å². The van der Waals surface area contributed by atoms with Gasteiger partial charge in [0.05, 0.1) is 18.1 Å². The number of nitro groups is 1. The van der Waals surface area contributed by atoms with Crippen LogP contribution in [-0.4, -0.2) is 49.3 Å². The molecular weight excluding hydrogens is 294 g/mol. The number of hydrogen-bond donors (Lipinski definition) is 1. The molecule has 0 atom stereocenters. The molecule has 2 saturated heterocycles. The van der Waals surface area contributed by atoms with Gasteiger partial charge in [-0.15, -0.1) is 0 Å². The molecule has 0 aromatic heterocycles. The maximum Gasteiger partial charge on any atom is 0.312 e.